The molecule has 0 aliphatic carbocycles. The monoisotopic (exact) mass is 298 g/mol. The number of hydrogen-bond acceptors (Lipinski definition) is 3. The molecule has 0 aliphatic rings. The largest absolute Gasteiger partial charge is 0.391 e. The number of nitrogens with one attached hydrogen (secondary N) is 1. The number of aliphatic hydroxyl groups excluding tert-OH is 1. The molecule has 0 radical (unpaired) electrons. The molecule has 4 heteroatoms. The number of rotatable bonds is 6. The molecule has 2 unspecified atom stereocenters. The minimum Gasteiger partial charge on any atom is -0.391 e. The van der Waals surface area contributed by atoms with Gasteiger partial charge in [-0.1, -0.05) is 60.7 Å². The molecular weight excluding hydrogens is 276 g/mol. The number of carbonyl (C=O) groups is 1. The predicted octanol–water partition coefficient (Wildman–Crippen LogP) is 1.58. The van der Waals surface area contributed by atoms with Crippen LogP contribution in [0.4, 0.5) is 0 Å². The topological polar surface area (TPSA) is 75.4 Å². The Labute approximate surface area is 131 Å². The van der Waals surface area contributed by atoms with Gasteiger partial charge in [-0.3, -0.25) is 4.79 Å². The lowest BCUT2D eigenvalue weighted by atomic mass is 9.92. The highest BCUT2D eigenvalue weighted by molar-refractivity contribution is 5.86. The van der Waals surface area contributed by atoms with Gasteiger partial charge in [0.15, 0.2) is 0 Å². The van der Waals surface area contributed by atoms with Crippen LogP contribution in [-0.2, 0) is 16.8 Å². The van der Waals surface area contributed by atoms with Crippen LogP contribution in [0.15, 0.2) is 60.7 Å². The van der Waals surface area contributed by atoms with Crippen LogP contribution in [0.2, 0.25) is 0 Å². The second-order valence-corrected chi connectivity index (χ2v) is 5.62. The number of benzene rings is 2. The second kappa shape index (κ2) is 7.20. The molecule has 0 fully saturated rings. The standard InChI is InChI=1S/C18H22N2O2/c1-18(19,15-10-6-3-7-11-15)17(22)20-13-16(21)12-14-8-4-2-5-9-14/h2-11,16,21H,12-13,19H2,1H3,(H,20,22). The predicted molar refractivity (Wildman–Crippen MR) is 87.1 cm³/mol. The Bertz CT molecular complexity index is 597. The van der Waals surface area contributed by atoms with Crippen molar-refractivity contribution < 1.29 is 9.90 Å². The van der Waals surface area contributed by atoms with E-state index in [2.05, 4.69) is 5.32 Å². The van der Waals surface area contributed by atoms with Crippen molar-refractivity contribution in [3.05, 3.63) is 71.8 Å². The number of nitrogens with two attached hydrogens (primary N) is 1. The maximum Gasteiger partial charge on any atom is 0.244 e. The summed E-state index contributed by atoms with van der Waals surface area (Å²) in [6, 6.07) is 18.9. The number of hydrogen-bond donors (Lipinski definition) is 3. The zero-order valence-corrected chi connectivity index (χ0v) is 12.7. The Morgan fingerprint density at radius 2 is 1.68 bits per heavy atom. The number of amides is 1. The van der Waals surface area contributed by atoms with Gasteiger partial charge in [0.05, 0.1) is 6.10 Å². The van der Waals surface area contributed by atoms with E-state index >= 15 is 0 Å². The Hall–Kier alpha value is -2.17. The van der Waals surface area contributed by atoms with Crippen LogP contribution in [0.5, 0.6) is 0 Å². The average molecular weight is 298 g/mol. The van der Waals surface area contributed by atoms with E-state index in [0.29, 0.717) is 6.42 Å². The van der Waals surface area contributed by atoms with Crippen LogP contribution in [0, 0.1) is 0 Å². The highest BCUT2D eigenvalue weighted by atomic mass is 16.3. The van der Waals surface area contributed by atoms with Crippen LogP contribution in [-0.4, -0.2) is 23.7 Å². The van der Waals surface area contributed by atoms with Crippen molar-refractivity contribution in [2.45, 2.75) is 25.0 Å². The minimum atomic E-state index is -1.12. The molecule has 2 aromatic rings. The Morgan fingerprint density at radius 3 is 2.27 bits per heavy atom. The van der Waals surface area contributed by atoms with Crippen LogP contribution in [0.25, 0.3) is 0 Å². The van der Waals surface area contributed by atoms with Crippen molar-refractivity contribution in [1.29, 1.82) is 0 Å². The molecule has 116 valence electrons. The zero-order valence-electron chi connectivity index (χ0n) is 12.7. The van der Waals surface area contributed by atoms with Crippen molar-refractivity contribution >= 4 is 5.91 Å². The van der Waals surface area contributed by atoms with E-state index in [0.717, 1.165) is 11.1 Å². The van der Waals surface area contributed by atoms with Crippen molar-refractivity contribution in [2.75, 3.05) is 6.54 Å². The first-order chi connectivity index (χ1) is 10.5. The fraction of sp³-hybridized carbons (Fsp3) is 0.278. The lowest BCUT2D eigenvalue weighted by molar-refractivity contribution is -0.126. The van der Waals surface area contributed by atoms with E-state index in [4.69, 9.17) is 5.73 Å². The molecule has 1 amide bonds. The molecule has 22 heavy (non-hydrogen) atoms. The minimum absolute atomic E-state index is 0.174. The van der Waals surface area contributed by atoms with Crippen molar-refractivity contribution in [2.24, 2.45) is 5.73 Å². The third kappa shape index (κ3) is 4.16. The first kappa shape index (κ1) is 16.2. The van der Waals surface area contributed by atoms with Crippen molar-refractivity contribution in [1.82, 2.24) is 5.32 Å². The van der Waals surface area contributed by atoms with Crippen molar-refractivity contribution in [3.63, 3.8) is 0 Å². The molecule has 4 N–H and O–H groups in total. The van der Waals surface area contributed by atoms with Gasteiger partial charge in [0.1, 0.15) is 5.54 Å². The van der Waals surface area contributed by atoms with E-state index in [1.807, 2.05) is 60.7 Å². The molecule has 0 saturated carbocycles. The fourth-order valence-corrected chi connectivity index (χ4v) is 2.27. The zero-order chi connectivity index (χ0) is 16.0. The Kier molecular flexibility index (Phi) is 5.31. The van der Waals surface area contributed by atoms with Gasteiger partial charge in [0.25, 0.3) is 0 Å². The van der Waals surface area contributed by atoms with E-state index in [-0.39, 0.29) is 12.5 Å². The lowest BCUT2D eigenvalue weighted by Crippen LogP contribution is -2.50. The summed E-state index contributed by atoms with van der Waals surface area (Å²) in [6.45, 7) is 1.84. The van der Waals surface area contributed by atoms with E-state index in [1.54, 1.807) is 6.92 Å². The quantitative estimate of drug-likeness (QED) is 0.758. The lowest BCUT2D eigenvalue weighted by Gasteiger charge is -2.25. The van der Waals surface area contributed by atoms with Gasteiger partial charge >= 0.3 is 0 Å². The first-order valence-electron chi connectivity index (χ1n) is 7.35. The fourth-order valence-electron chi connectivity index (χ4n) is 2.27. The Morgan fingerprint density at radius 1 is 1.14 bits per heavy atom. The van der Waals surface area contributed by atoms with E-state index in [1.165, 1.54) is 0 Å². The first-order valence-corrected chi connectivity index (χ1v) is 7.35. The summed E-state index contributed by atoms with van der Waals surface area (Å²) in [7, 11) is 0. The van der Waals surface area contributed by atoms with Gasteiger partial charge in [0.2, 0.25) is 5.91 Å². The van der Waals surface area contributed by atoms with Gasteiger partial charge < -0.3 is 16.2 Å². The third-order valence-corrected chi connectivity index (χ3v) is 3.66. The van der Waals surface area contributed by atoms with Crippen LogP contribution < -0.4 is 11.1 Å². The highest BCUT2D eigenvalue weighted by Crippen LogP contribution is 2.17. The normalized spacial score (nSPS) is 14.9. The van der Waals surface area contributed by atoms with Gasteiger partial charge in [-0.25, -0.2) is 0 Å². The summed E-state index contributed by atoms with van der Waals surface area (Å²) in [4.78, 5) is 12.3. The van der Waals surface area contributed by atoms with Gasteiger partial charge in [0, 0.05) is 13.0 Å². The van der Waals surface area contributed by atoms with Crippen LogP contribution in [0.3, 0.4) is 0 Å². The maximum absolute atomic E-state index is 12.3. The highest BCUT2D eigenvalue weighted by Gasteiger charge is 2.30. The molecule has 2 aromatic carbocycles. The van der Waals surface area contributed by atoms with Crippen LogP contribution in [0.1, 0.15) is 18.1 Å². The summed E-state index contributed by atoms with van der Waals surface area (Å²) in [6.07, 6.45) is -0.147. The van der Waals surface area contributed by atoms with Crippen LogP contribution >= 0.6 is 0 Å². The molecule has 0 aromatic heterocycles. The average Bonchev–Trinajstić information content (AvgIpc) is 2.54. The Balaban J connectivity index is 1.89. The molecule has 0 spiro atoms. The number of carbonyl (C=O) groups excluding carboxylic acids is 1. The molecule has 0 saturated heterocycles. The third-order valence-electron chi connectivity index (χ3n) is 3.66. The molecule has 0 heterocycles. The second-order valence-electron chi connectivity index (χ2n) is 5.62. The van der Waals surface area contributed by atoms with Gasteiger partial charge in [-0.15, -0.1) is 0 Å². The maximum atomic E-state index is 12.3. The SMILES string of the molecule is CC(N)(C(=O)NCC(O)Cc1ccccc1)c1ccccc1. The molecular formula is C18H22N2O2. The summed E-state index contributed by atoms with van der Waals surface area (Å²) in [5.41, 5.74) is 6.78. The van der Waals surface area contributed by atoms with E-state index < -0.39 is 11.6 Å². The summed E-state index contributed by atoms with van der Waals surface area (Å²) in [5.74, 6) is -0.300. The molecule has 2 rings (SSSR count). The molecule has 0 aliphatic heterocycles. The smallest absolute Gasteiger partial charge is 0.244 e. The van der Waals surface area contributed by atoms with Crippen molar-refractivity contribution in [3.8, 4) is 0 Å². The molecule has 0 bridgehead atoms. The molecule has 2 atom stereocenters. The summed E-state index contributed by atoms with van der Waals surface area (Å²) < 4.78 is 0. The summed E-state index contributed by atoms with van der Waals surface area (Å²) >= 11 is 0. The molecule has 4 nitrogen and oxygen atoms in total. The van der Waals surface area contributed by atoms with Gasteiger partial charge in [-0.05, 0) is 18.1 Å². The van der Waals surface area contributed by atoms with E-state index in [9.17, 15) is 9.90 Å². The summed E-state index contributed by atoms with van der Waals surface area (Å²) in [5, 5.41) is 12.8. The van der Waals surface area contributed by atoms with Gasteiger partial charge in [-0.2, -0.15) is 0 Å². The number of aliphatic hydroxyl groups is 1.